The Labute approximate surface area is 152 Å². The maximum atomic E-state index is 12.3. The van der Waals surface area contributed by atoms with Crippen LogP contribution in [0.4, 0.5) is 0 Å². The molecule has 0 saturated carbocycles. The Hall–Kier alpha value is -2.86. The summed E-state index contributed by atoms with van der Waals surface area (Å²) in [5, 5.41) is 2.88. The number of nitrogens with zero attached hydrogens (tertiary/aromatic N) is 1. The van der Waals surface area contributed by atoms with Crippen LogP contribution >= 0.6 is 0 Å². The smallest absolute Gasteiger partial charge is 0.241 e. The van der Waals surface area contributed by atoms with E-state index in [1.165, 1.54) is 0 Å². The van der Waals surface area contributed by atoms with E-state index in [-0.39, 0.29) is 17.9 Å². The van der Waals surface area contributed by atoms with Crippen molar-refractivity contribution in [1.82, 2.24) is 10.2 Å². The Morgan fingerprint density at radius 2 is 1.81 bits per heavy atom. The molecule has 2 aromatic rings. The molecule has 136 valence electrons. The van der Waals surface area contributed by atoms with Crippen LogP contribution in [0.15, 0.2) is 60.7 Å². The quantitative estimate of drug-likeness (QED) is 0.790. The van der Waals surface area contributed by atoms with E-state index in [1.54, 1.807) is 4.90 Å². The van der Waals surface area contributed by atoms with Gasteiger partial charge >= 0.3 is 0 Å². The molecule has 0 radical (unpaired) electrons. The second kappa shape index (κ2) is 8.49. The molecule has 1 heterocycles. The molecule has 1 aliphatic rings. The SMILES string of the molecule is NC(C(=O)NC1CC(=O)N(CCOc2ccccc2)C1)c1ccccc1. The summed E-state index contributed by atoms with van der Waals surface area (Å²) in [6, 6.07) is 17.7. The van der Waals surface area contributed by atoms with Gasteiger partial charge in [0.25, 0.3) is 0 Å². The number of amides is 2. The molecule has 0 aromatic heterocycles. The van der Waals surface area contributed by atoms with Gasteiger partial charge in [-0.1, -0.05) is 48.5 Å². The van der Waals surface area contributed by atoms with Crippen molar-refractivity contribution >= 4 is 11.8 Å². The van der Waals surface area contributed by atoms with E-state index >= 15 is 0 Å². The van der Waals surface area contributed by atoms with Gasteiger partial charge in [0.15, 0.2) is 0 Å². The number of benzene rings is 2. The number of carbonyl (C=O) groups excluding carboxylic acids is 2. The summed E-state index contributed by atoms with van der Waals surface area (Å²) in [5.41, 5.74) is 6.75. The highest BCUT2D eigenvalue weighted by Crippen LogP contribution is 2.15. The molecule has 1 fully saturated rings. The third kappa shape index (κ3) is 4.61. The molecule has 26 heavy (non-hydrogen) atoms. The van der Waals surface area contributed by atoms with Crippen LogP contribution in [0.5, 0.6) is 5.75 Å². The molecule has 2 aromatic carbocycles. The fourth-order valence-corrected chi connectivity index (χ4v) is 2.98. The Morgan fingerprint density at radius 1 is 1.15 bits per heavy atom. The van der Waals surface area contributed by atoms with Crippen LogP contribution in [0.3, 0.4) is 0 Å². The van der Waals surface area contributed by atoms with Gasteiger partial charge in [0, 0.05) is 13.0 Å². The lowest BCUT2D eigenvalue weighted by atomic mass is 10.1. The monoisotopic (exact) mass is 353 g/mol. The molecule has 0 spiro atoms. The van der Waals surface area contributed by atoms with Gasteiger partial charge in [-0.3, -0.25) is 9.59 Å². The molecule has 2 amide bonds. The maximum absolute atomic E-state index is 12.3. The van der Waals surface area contributed by atoms with Crippen molar-refractivity contribution in [3.63, 3.8) is 0 Å². The zero-order valence-electron chi connectivity index (χ0n) is 14.5. The van der Waals surface area contributed by atoms with Crippen molar-refractivity contribution in [2.45, 2.75) is 18.5 Å². The number of nitrogens with two attached hydrogens (primary N) is 1. The summed E-state index contributed by atoms with van der Waals surface area (Å²) in [6.45, 7) is 1.38. The second-order valence-electron chi connectivity index (χ2n) is 6.30. The van der Waals surface area contributed by atoms with Crippen molar-refractivity contribution in [1.29, 1.82) is 0 Å². The standard InChI is InChI=1S/C20H23N3O3/c21-19(15-7-3-1-4-8-15)20(25)22-16-13-18(24)23(14-16)11-12-26-17-9-5-2-6-10-17/h1-10,16,19H,11-14,21H2,(H,22,25). The molecule has 0 bridgehead atoms. The number of carbonyl (C=O) groups is 2. The van der Waals surface area contributed by atoms with Crippen LogP contribution < -0.4 is 15.8 Å². The van der Waals surface area contributed by atoms with E-state index in [1.807, 2.05) is 60.7 Å². The molecule has 6 nitrogen and oxygen atoms in total. The summed E-state index contributed by atoms with van der Waals surface area (Å²) < 4.78 is 5.63. The maximum Gasteiger partial charge on any atom is 0.241 e. The summed E-state index contributed by atoms with van der Waals surface area (Å²) in [7, 11) is 0. The lowest BCUT2D eigenvalue weighted by Gasteiger charge is -2.19. The molecule has 1 aliphatic heterocycles. The first-order valence-electron chi connectivity index (χ1n) is 8.70. The number of rotatable bonds is 7. The highest BCUT2D eigenvalue weighted by Gasteiger charge is 2.31. The zero-order valence-corrected chi connectivity index (χ0v) is 14.5. The van der Waals surface area contributed by atoms with Crippen LogP contribution in [0.1, 0.15) is 18.0 Å². The minimum absolute atomic E-state index is 0.0141. The first kappa shape index (κ1) is 17.9. The van der Waals surface area contributed by atoms with Crippen LogP contribution in [-0.4, -0.2) is 42.5 Å². The van der Waals surface area contributed by atoms with Crippen molar-refractivity contribution in [3.8, 4) is 5.75 Å². The average Bonchev–Trinajstić information content (AvgIpc) is 3.02. The van der Waals surface area contributed by atoms with Gasteiger partial charge in [-0.15, -0.1) is 0 Å². The van der Waals surface area contributed by atoms with Crippen molar-refractivity contribution in [2.75, 3.05) is 19.7 Å². The zero-order chi connectivity index (χ0) is 18.4. The van der Waals surface area contributed by atoms with Crippen molar-refractivity contribution in [3.05, 3.63) is 66.2 Å². The second-order valence-corrected chi connectivity index (χ2v) is 6.30. The number of hydrogen-bond donors (Lipinski definition) is 2. The molecule has 6 heteroatoms. The Bertz CT molecular complexity index is 736. The molecule has 2 unspecified atom stereocenters. The van der Waals surface area contributed by atoms with E-state index in [0.29, 0.717) is 26.1 Å². The van der Waals surface area contributed by atoms with Gasteiger partial charge in [0.05, 0.1) is 12.6 Å². The van der Waals surface area contributed by atoms with Gasteiger partial charge in [0.1, 0.15) is 18.4 Å². The van der Waals surface area contributed by atoms with E-state index in [4.69, 9.17) is 10.5 Å². The van der Waals surface area contributed by atoms with Crippen molar-refractivity contribution < 1.29 is 14.3 Å². The fraction of sp³-hybridized carbons (Fsp3) is 0.300. The fourth-order valence-electron chi connectivity index (χ4n) is 2.98. The van der Waals surface area contributed by atoms with E-state index < -0.39 is 6.04 Å². The Kier molecular flexibility index (Phi) is 5.86. The van der Waals surface area contributed by atoms with Gasteiger partial charge in [-0.05, 0) is 17.7 Å². The van der Waals surface area contributed by atoms with E-state index in [0.717, 1.165) is 11.3 Å². The van der Waals surface area contributed by atoms with E-state index in [9.17, 15) is 9.59 Å². The van der Waals surface area contributed by atoms with Crippen LogP contribution in [0.25, 0.3) is 0 Å². The molecule has 3 N–H and O–H groups in total. The first-order valence-corrected chi connectivity index (χ1v) is 8.70. The van der Waals surface area contributed by atoms with Crippen LogP contribution in [0.2, 0.25) is 0 Å². The highest BCUT2D eigenvalue weighted by atomic mass is 16.5. The summed E-state index contributed by atoms with van der Waals surface area (Å²) in [5.74, 6) is 0.523. The summed E-state index contributed by atoms with van der Waals surface area (Å²) in [6.07, 6.45) is 0.290. The molecule has 2 atom stereocenters. The molecule has 0 aliphatic carbocycles. The minimum atomic E-state index is -0.734. The van der Waals surface area contributed by atoms with Gasteiger partial charge in [-0.25, -0.2) is 0 Å². The lowest BCUT2D eigenvalue weighted by molar-refractivity contribution is -0.128. The predicted octanol–water partition coefficient (Wildman–Crippen LogP) is 1.48. The van der Waals surface area contributed by atoms with Crippen LogP contribution in [0, 0.1) is 0 Å². The largest absolute Gasteiger partial charge is 0.492 e. The van der Waals surface area contributed by atoms with Crippen molar-refractivity contribution in [2.24, 2.45) is 5.73 Å². The number of ether oxygens (including phenoxy) is 1. The predicted molar refractivity (Wildman–Crippen MR) is 98.4 cm³/mol. The first-order chi connectivity index (χ1) is 12.6. The van der Waals surface area contributed by atoms with Gasteiger partial charge in [-0.2, -0.15) is 0 Å². The average molecular weight is 353 g/mol. The number of nitrogens with one attached hydrogen (secondary N) is 1. The third-order valence-corrected chi connectivity index (χ3v) is 4.38. The molecular formula is C20H23N3O3. The third-order valence-electron chi connectivity index (χ3n) is 4.38. The minimum Gasteiger partial charge on any atom is -0.492 e. The Balaban J connectivity index is 1.46. The Morgan fingerprint density at radius 3 is 2.50 bits per heavy atom. The number of hydrogen-bond acceptors (Lipinski definition) is 4. The molecule has 3 rings (SSSR count). The highest BCUT2D eigenvalue weighted by molar-refractivity contribution is 5.85. The summed E-state index contributed by atoms with van der Waals surface area (Å²) in [4.78, 5) is 26.2. The number of likely N-dealkylation sites (tertiary alicyclic amines) is 1. The van der Waals surface area contributed by atoms with Gasteiger partial charge in [0.2, 0.25) is 11.8 Å². The van der Waals surface area contributed by atoms with Crippen LogP contribution in [-0.2, 0) is 9.59 Å². The number of para-hydroxylation sites is 1. The molecule has 1 saturated heterocycles. The topological polar surface area (TPSA) is 84.7 Å². The van der Waals surface area contributed by atoms with E-state index in [2.05, 4.69) is 5.32 Å². The normalized spacial score (nSPS) is 17.8. The van der Waals surface area contributed by atoms with Gasteiger partial charge < -0.3 is 20.7 Å². The molecular weight excluding hydrogens is 330 g/mol. The summed E-state index contributed by atoms with van der Waals surface area (Å²) >= 11 is 0. The lowest BCUT2D eigenvalue weighted by Crippen LogP contribution is -2.42.